The molecule has 1 aromatic heterocycles. The van der Waals surface area contributed by atoms with Crippen molar-refractivity contribution in [2.24, 2.45) is 0 Å². The second kappa shape index (κ2) is 5.46. The highest BCUT2D eigenvalue weighted by Gasteiger charge is 2.13. The Morgan fingerprint density at radius 3 is 2.39 bits per heavy atom. The van der Waals surface area contributed by atoms with Gasteiger partial charge in [-0.15, -0.1) is 6.42 Å². The Bertz CT molecular complexity index is 1050. The monoisotopic (exact) mass is 316 g/mol. The summed E-state index contributed by atoms with van der Waals surface area (Å²) in [6.45, 7) is 0.447. The molecule has 0 fully saturated rings. The number of hydrogen-bond acceptors (Lipinski definition) is 1. The first-order chi connectivity index (χ1) is 11.3. The molecule has 3 heteroatoms. The highest BCUT2D eigenvalue weighted by atomic mass is 35.5. The summed E-state index contributed by atoms with van der Waals surface area (Å²) in [6, 6.07) is 20.3. The molecule has 0 saturated heterocycles. The average molecular weight is 317 g/mol. The van der Waals surface area contributed by atoms with Gasteiger partial charge in [-0.25, -0.2) is 0 Å². The average Bonchev–Trinajstić information content (AvgIpc) is 2.92. The van der Waals surface area contributed by atoms with Crippen LogP contribution in [0.3, 0.4) is 0 Å². The van der Waals surface area contributed by atoms with E-state index in [-0.39, 0.29) is 0 Å². The third-order valence-electron chi connectivity index (χ3n) is 3.98. The van der Waals surface area contributed by atoms with Gasteiger partial charge < -0.3 is 0 Å². The third-order valence-corrected chi connectivity index (χ3v) is 4.23. The summed E-state index contributed by atoms with van der Waals surface area (Å²) in [5.41, 5.74) is 3.01. The Morgan fingerprint density at radius 2 is 1.70 bits per heavy atom. The minimum atomic E-state index is 0.447. The minimum Gasteiger partial charge on any atom is -0.252 e. The number of halogens is 1. The van der Waals surface area contributed by atoms with Crippen molar-refractivity contribution in [2.45, 2.75) is 6.54 Å². The molecule has 0 amide bonds. The summed E-state index contributed by atoms with van der Waals surface area (Å²) in [5.74, 6) is 2.68. The van der Waals surface area contributed by atoms with E-state index in [2.05, 4.69) is 30.2 Å². The Labute approximate surface area is 139 Å². The van der Waals surface area contributed by atoms with Gasteiger partial charge in [0.15, 0.2) is 0 Å². The van der Waals surface area contributed by atoms with Gasteiger partial charge in [-0.05, 0) is 35.0 Å². The number of hydrogen-bond donors (Lipinski definition) is 0. The van der Waals surface area contributed by atoms with Crippen molar-refractivity contribution >= 4 is 33.3 Å². The van der Waals surface area contributed by atoms with E-state index >= 15 is 0 Å². The Kier molecular flexibility index (Phi) is 3.29. The molecule has 0 bridgehead atoms. The molecule has 0 atom stereocenters. The van der Waals surface area contributed by atoms with E-state index in [9.17, 15) is 0 Å². The lowest BCUT2D eigenvalue weighted by Gasteiger charge is -2.01. The van der Waals surface area contributed by atoms with Gasteiger partial charge in [0.05, 0.1) is 5.52 Å². The molecule has 3 aromatic carbocycles. The molecule has 0 aliphatic heterocycles. The molecule has 0 unspecified atom stereocenters. The molecule has 0 spiro atoms. The Morgan fingerprint density at radius 1 is 1.00 bits per heavy atom. The Balaban J connectivity index is 2.05. The smallest absolute Gasteiger partial charge is 0.102 e. The van der Waals surface area contributed by atoms with Crippen LogP contribution < -0.4 is 0 Å². The van der Waals surface area contributed by atoms with E-state index in [0.717, 1.165) is 22.2 Å². The molecule has 4 rings (SSSR count). The summed E-state index contributed by atoms with van der Waals surface area (Å²) in [7, 11) is 0. The number of aromatic nitrogens is 2. The number of fused-ring (bicyclic) bond motifs is 2. The van der Waals surface area contributed by atoms with E-state index in [1.807, 2.05) is 41.1 Å². The van der Waals surface area contributed by atoms with Crippen molar-refractivity contribution in [3.63, 3.8) is 0 Å². The summed E-state index contributed by atoms with van der Waals surface area (Å²) in [6.07, 6.45) is 5.50. The first-order valence-corrected chi connectivity index (χ1v) is 7.73. The molecule has 0 radical (unpaired) electrons. The summed E-state index contributed by atoms with van der Waals surface area (Å²) >= 11 is 6.00. The van der Waals surface area contributed by atoms with Crippen LogP contribution in [0.15, 0.2) is 60.7 Å². The van der Waals surface area contributed by atoms with Crippen LogP contribution in [0.1, 0.15) is 0 Å². The zero-order chi connectivity index (χ0) is 15.8. The molecule has 0 saturated carbocycles. The maximum Gasteiger partial charge on any atom is 0.102 e. The topological polar surface area (TPSA) is 17.8 Å². The van der Waals surface area contributed by atoms with E-state index in [4.69, 9.17) is 23.1 Å². The van der Waals surface area contributed by atoms with E-state index in [0.29, 0.717) is 11.6 Å². The molecule has 0 aliphatic rings. The van der Waals surface area contributed by atoms with Gasteiger partial charge in [0.25, 0.3) is 0 Å². The summed E-state index contributed by atoms with van der Waals surface area (Å²) in [4.78, 5) is 0. The van der Waals surface area contributed by atoms with Gasteiger partial charge in [0, 0.05) is 16.0 Å². The zero-order valence-corrected chi connectivity index (χ0v) is 13.1. The third kappa shape index (κ3) is 2.36. The molecular weight excluding hydrogens is 304 g/mol. The van der Waals surface area contributed by atoms with Crippen LogP contribution in [0.4, 0.5) is 0 Å². The van der Waals surface area contributed by atoms with Crippen LogP contribution in [0, 0.1) is 12.3 Å². The number of nitrogens with zero attached hydrogens (tertiary/aromatic N) is 2. The van der Waals surface area contributed by atoms with Crippen LogP contribution >= 0.6 is 11.6 Å². The Hall–Kier alpha value is -2.76. The first-order valence-electron chi connectivity index (χ1n) is 7.35. The fraction of sp³-hybridized carbons (Fsp3) is 0.0500. The van der Waals surface area contributed by atoms with Crippen LogP contribution in [0.25, 0.3) is 32.9 Å². The van der Waals surface area contributed by atoms with Crippen molar-refractivity contribution in [1.82, 2.24) is 9.78 Å². The van der Waals surface area contributed by atoms with Crippen molar-refractivity contribution in [3.05, 3.63) is 65.7 Å². The van der Waals surface area contributed by atoms with Gasteiger partial charge in [-0.1, -0.05) is 53.9 Å². The second-order valence-corrected chi connectivity index (χ2v) is 5.87. The lowest BCUT2D eigenvalue weighted by atomic mass is 10.0. The molecule has 1 heterocycles. The maximum absolute atomic E-state index is 6.00. The number of terminal acetylenes is 1. The molecule has 2 nitrogen and oxygen atoms in total. The molecular formula is C20H13ClN2. The van der Waals surface area contributed by atoms with Crippen LogP contribution in [-0.4, -0.2) is 9.78 Å². The molecule has 0 aliphatic carbocycles. The van der Waals surface area contributed by atoms with E-state index in [1.54, 1.807) is 0 Å². The molecule has 4 aromatic rings. The van der Waals surface area contributed by atoms with E-state index in [1.165, 1.54) is 10.8 Å². The highest BCUT2D eigenvalue weighted by Crippen LogP contribution is 2.32. The van der Waals surface area contributed by atoms with E-state index < -0.39 is 0 Å². The van der Waals surface area contributed by atoms with Crippen LogP contribution in [0.5, 0.6) is 0 Å². The zero-order valence-electron chi connectivity index (χ0n) is 12.3. The van der Waals surface area contributed by atoms with Gasteiger partial charge in [-0.3, -0.25) is 4.68 Å². The number of benzene rings is 3. The maximum atomic E-state index is 6.00. The lowest BCUT2D eigenvalue weighted by molar-refractivity contribution is 0.746. The second-order valence-electron chi connectivity index (χ2n) is 5.43. The minimum absolute atomic E-state index is 0.447. The predicted octanol–water partition coefficient (Wildman–Crippen LogP) is 5.14. The van der Waals surface area contributed by atoms with Crippen LogP contribution in [0.2, 0.25) is 5.02 Å². The largest absolute Gasteiger partial charge is 0.252 e. The fourth-order valence-corrected chi connectivity index (χ4v) is 3.01. The first kappa shape index (κ1) is 13.9. The molecule has 110 valence electrons. The summed E-state index contributed by atoms with van der Waals surface area (Å²) < 4.78 is 1.88. The molecule has 23 heavy (non-hydrogen) atoms. The van der Waals surface area contributed by atoms with Gasteiger partial charge in [-0.2, -0.15) is 5.10 Å². The quantitative estimate of drug-likeness (QED) is 0.468. The van der Waals surface area contributed by atoms with Crippen molar-refractivity contribution in [2.75, 3.05) is 0 Å². The van der Waals surface area contributed by atoms with Crippen molar-refractivity contribution in [1.29, 1.82) is 0 Å². The van der Waals surface area contributed by atoms with Crippen LogP contribution in [-0.2, 0) is 6.54 Å². The summed E-state index contributed by atoms with van der Waals surface area (Å²) in [5, 5.41) is 8.92. The van der Waals surface area contributed by atoms with Gasteiger partial charge in [0.1, 0.15) is 12.2 Å². The number of rotatable bonds is 2. The SMILES string of the molecule is C#CCn1nc(-c2ccc(Cl)cc2)c2cc3ccccc3cc21. The van der Waals surface area contributed by atoms with Gasteiger partial charge in [0.2, 0.25) is 0 Å². The predicted molar refractivity (Wildman–Crippen MR) is 96.5 cm³/mol. The van der Waals surface area contributed by atoms with Gasteiger partial charge >= 0.3 is 0 Å². The highest BCUT2D eigenvalue weighted by molar-refractivity contribution is 6.30. The lowest BCUT2D eigenvalue weighted by Crippen LogP contribution is -1.97. The standard InChI is InChI=1S/C20H13ClN2/c1-2-11-23-19-13-16-6-4-3-5-15(16)12-18(19)20(22-23)14-7-9-17(21)10-8-14/h1,3-10,12-13H,11H2. The van der Waals surface area contributed by atoms with Crippen molar-refractivity contribution in [3.8, 4) is 23.6 Å². The van der Waals surface area contributed by atoms with Crippen molar-refractivity contribution < 1.29 is 0 Å². The fourth-order valence-electron chi connectivity index (χ4n) is 2.89. The normalized spacial score (nSPS) is 11.0. The molecule has 0 N–H and O–H groups in total.